The van der Waals surface area contributed by atoms with Crippen LogP contribution >= 0.6 is 11.8 Å². The summed E-state index contributed by atoms with van der Waals surface area (Å²) < 4.78 is 4.54. The summed E-state index contributed by atoms with van der Waals surface area (Å²) in [6.07, 6.45) is 6.27. The van der Waals surface area contributed by atoms with Gasteiger partial charge in [0.05, 0.1) is 18.8 Å². The van der Waals surface area contributed by atoms with E-state index in [4.69, 9.17) is 0 Å². The highest BCUT2D eigenvalue weighted by atomic mass is 32.2. The number of aromatic nitrogens is 4. The van der Waals surface area contributed by atoms with Gasteiger partial charge >= 0.3 is 0 Å². The van der Waals surface area contributed by atoms with Gasteiger partial charge in [0.2, 0.25) is 0 Å². The van der Waals surface area contributed by atoms with E-state index in [0.29, 0.717) is 11.8 Å². The number of benzene rings is 1. The predicted octanol–water partition coefficient (Wildman–Crippen LogP) is 5.04. The maximum atomic E-state index is 13.1. The van der Waals surface area contributed by atoms with Crippen LogP contribution in [0.4, 0.5) is 0 Å². The van der Waals surface area contributed by atoms with Gasteiger partial charge in [0.1, 0.15) is 5.82 Å². The molecule has 2 aliphatic rings. The molecular weight excluding hydrogens is 430 g/mol. The Morgan fingerprint density at radius 3 is 2.52 bits per heavy atom. The molecule has 0 atom stereocenters. The summed E-state index contributed by atoms with van der Waals surface area (Å²) in [5, 5.41) is 9.91. The number of Topliss-reactive ketones (excluding diaryl/α,β-unsaturated/α-hetero) is 1. The van der Waals surface area contributed by atoms with Crippen molar-refractivity contribution in [1.29, 1.82) is 0 Å². The normalized spacial score (nSPS) is 16.9. The predicted molar refractivity (Wildman–Crippen MR) is 132 cm³/mol. The number of hydrogen-bond acceptors (Lipinski definition) is 5. The van der Waals surface area contributed by atoms with E-state index in [1.54, 1.807) is 0 Å². The molecule has 3 heterocycles. The second-order valence-electron chi connectivity index (χ2n) is 9.41. The van der Waals surface area contributed by atoms with E-state index >= 15 is 0 Å². The van der Waals surface area contributed by atoms with E-state index in [2.05, 4.69) is 68.4 Å². The minimum atomic E-state index is 0.173. The first-order valence-corrected chi connectivity index (χ1v) is 13.1. The smallest absolute Gasteiger partial charge is 0.192 e. The van der Waals surface area contributed by atoms with E-state index in [1.165, 1.54) is 55.1 Å². The summed E-state index contributed by atoms with van der Waals surface area (Å²) in [6, 6.07) is 13.1. The minimum Gasteiger partial charge on any atom is -0.345 e. The summed E-state index contributed by atoms with van der Waals surface area (Å²) in [7, 11) is 0. The van der Waals surface area contributed by atoms with E-state index in [0.717, 1.165) is 48.4 Å². The number of piperidine rings is 1. The van der Waals surface area contributed by atoms with E-state index in [9.17, 15) is 4.79 Å². The first kappa shape index (κ1) is 22.4. The highest BCUT2D eigenvalue weighted by molar-refractivity contribution is 7.99. The van der Waals surface area contributed by atoms with Gasteiger partial charge in [-0.05, 0) is 64.3 Å². The summed E-state index contributed by atoms with van der Waals surface area (Å²) in [6.45, 7) is 7.97. The van der Waals surface area contributed by atoms with Crippen LogP contribution in [0.25, 0.3) is 0 Å². The molecule has 2 aromatic heterocycles. The Kier molecular flexibility index (Phi) is 6.69. The van der Waals surface area contributed by atoms with Crippen LogP contribution < -0.4 is 0 Å². The Morgan fingerprint density at radius 2 is 1.79 bits per heavy atom. The SMILES string of the molecule is Cc1cc(C(=O)CSc2nnc(CN3CCCCC3)n2Cc2ccccc2)c(C)n1C1CC1. The maximum Gasteiger partial charge on any atom is 0.192 e. The van der Waals surface area contributed by atoms with Gasteiger partial charge in [-0.25, -0.2) is 0 Å². The van der Waals surface area contributed by atoms with Crippen molar-refractivity contribution >= 4 is 17.5 Å². The summed E-state index contributed by atoms with van der Waals surface area (Å²) >= 11 is 1.51. The highest BCUT2D eigenvalue weighted by Crippen LogP contribution is 2.38. The molecule has 0 amide bonds. The minimum absolute atomic E-state index is 0.173. The standard InChI is InChI=1S/C26H33N5OS/c1-19-15-23(20(2)31(19)22-11-12-22)24(32)18-33-26-28-27-25(17-29-13-7-4-8-14-29)30(26)16-21-9-5-3-6-10-21/h3,5-6,9-10,15,22H,4,7-8,11-14,16-18H2,1-2H3. The fraction of sp³-hybridized carbons (Fsp3) is 0.500. The van der Waals surface area contributed by atoms with Crippen LogP contribution in [0, 0.1) is 13.8 Å². The zero-order chi connectivity index (χ0) is 22.8. The number of ketones is 1. The monoisotopic (exact) mass is 463 g/mol. The number of thioether (sulfide) groups is 1. The molecule has 174 valence electrons. The number of carbonyl (C=O) groups is 1. The van der Waals surface area contributed by atoms with Crippen LogP contribution in [0.5, 0.6) is 0 Å². The van der Waals surface area contributed by atoms with Crippen molar-refractivity contribution in [3.05, 3.63) is 64.7 Å². The van der Waals surface area contributed by atoms with Gasteiger partial charge in [-0.3, -0.25) is 9.69 Å². The fourth-order valence-electron chi connectivity index (χ4n) is 4.95. The van der Waals surface area contributed by atoms with Crippen molar-refractivity contribution < 1.29 is 4.79 Å². The lowest BCUT2D eigenvalue weighted by Crippen LogP contribution is -2.30. The number of likely N-dealkylation sites (tertiary alicyclic amines) is 1. The number of nitrogens with zero attached hydrogens (tertiary/aromatic N) is 5. The quantitative estimate of drug-likeness (QED) is 0.329. The Morgan fingerprint density at radius 1 is 1.03 bits per heavy atom. The average molecular weight is 464 g/mol. The molecule has 3 aromatic rings. The van der Waals surface area contributed by atoms with Gasteiger partial charge in [-0.2, -0.15) is 0 Å². The molecule has 1 aromatic carbocycles. The highest BCUT2D eigenvalue weighted by Gasteiger charge is 2.28. The Bertz CT molecular complexity index is 1110. The van der Waals surface area contributed by atoms with Gasteiger partial charge in [-0.15, -0.1) is 10.2 Å². The van der Waals surface area contributed by atoms with Gasteiger partial charge in [-0.1, -0.05) is 48.5 Å². The molecule has 1 saturated carbocycles. The van der Waals surface area contributed by atoms with Crippen molar-refractivity contribution in [1.82, 2.24) is 24.2 Å². The zero-order valence-electron chi connectivity index (χ0n) is 19.7. The van der Waals surface area contributed by atoms with Crippen LogP contribution in [-0.4, -0.2) is 48.9 Å². The molecular formula is C26H33N5OS. The van der Waals surface area contributed by atoms with Crippen molar-refractivity contribution in [2.75, 3.05) is 18.8 Å². The van der Waals surface area contributed by atoms with E-state index < -0.39 is 0 Å². The average Bonchev–Trinajstić information content (AvgIpc) is 3.53. The van der Waals surface area contributed by atoms with Crippen molar-refractivity contribution in [2.45, 2.75) is 70.2 Å². The fourth-order valence-corrected chi connectivity index (χ4v) is 5.79. The topological polar surface area (TPSA) is 56.0 Å². The lowest BCUT2D eigenvalue weighted by molar-refractivity contribution is 0.102. The second-order valence-corrected chi connectivity index (χ2v) is 10.3. The summed E-state index contributed by atoms with van der Waals surface area (Å²) in [4.78, 5) is 15.6. The molecule has 1 aliphatic carbocycles. The number of aryl methyl sites for hydroxylation is 1. The van der Waals surface area contributed by atoms with Crippen LogP contribution in [0.3, 0.4) is 0 Å². The third-order valence-electron chi connectivity index (χ3n) is 6.82. The lowest BCUT2D eigenvalue weighted by Gasteiger charge is -2.26. The van der Waals surface area contributed by atoms with Gasteiger partial charge < -0.3 is 9.13 Å². The van der Waals surface area contributed by atoms with E-state index in [1.807, 2.05) is 6.07 Å². The van der Waals surface area contributed by atoms with Gasteiger partial charge in [0, 0.05) is 23.0 Å². The molecule has 1 saturated heterocycles. The van der Waals surface area contributed by atoms with Crippen LogP contribution in [-0.2, 0) is 13.1 Å². The molecule has 0 radical (unpaired) electrons. The summed E-state index contributed by atoms with van der Waals surface area (Å²) in [5.74, 6) is 1.54. The first-order valence-electron chi connectivity index (χ1n) is 12.1. The molecule has 0 N–H and O–H groups in total. The molecule has 7 heteroatoms. The Hall–Kier alpha value is -2.38. The molecule has 33 heavy (non-hydrogen) atoms. The Labute approximate surface area is 200 Å². The summed E-state index contributed by atoms with van der Waals surface area (Å²) in [5.41, 5.74) is 4.38. The number of rotatable bonds is 9. The zero-order valence-corrected chi connectivity index (χ0v) is 20.5. The van der Waals surface area contributed by atoms with Crippen molar-refractivity contribution in [3.63, 3.8) is 0 Å². The third kappa shape index (κ3) is 5.09. The third-order valence-corrected chi connectivity index (χ3v) is 7.79. The Balaban J connectivity index is 1.33. The molecule has 6 nitrogen and oxygen atoms in total. The van der Waals surface area contributed by atoms with Crippen molar-refractivity contribution in [3.8, 4) is 0 Å². The second kappa shape index (κ2) is 9.85. The molecule has 5 rings (SSSR count). The lowest BCUT2D eigenvalue weighted by atomic mass is 10.1. The molecule has 0 spiro atoms. The molecule has 0 unspecified atom stereocenters. The molecule has 1 aliphatic heterocycles. The van der Waals surface area contributed by atoms with Crippen LogP contribution in [0.1, 0.15) is 71.3 Å². The van der Waals surface area contributed by atoms with Crippen LogP contribution in [0.2, 0.25) is 0 Å². The van der Waals surface area contributed by atoms with E-state index in [-0.39, 0.29) is 5.78 Å². The first-order chi connectivity index (χ1) is 16.1. The molecule has 2 fully saturated rings. The number of hydrogen-bond donors (Lipinski definition) is 0. The van der Waals surface area contributed by atoms with Gasteiger partial charge in [0.15, 0.2) is 10.9 Å². The van der Waals surface area contributed by atoms with Gasteiger partial charge in [0.25, 0.3) is 0 Å². The van der Waals surface area contributed by atoms with Crippen molar-refractivity contribution in [2.24, 2.45) is 0 Å². The largest absolute Gasteiger partial charge is 0.345 e. The molecule has 0 bridgehead atoms. The maximum absolute atomic E-state index is 13.1. The van der Waals surface area contributed by atoms with Crippen LogP contribution in [0.15, 0.2) is 41.6 Å². The number of carbonyl (C=O) groups excluding carboxylic acids is 1.